The number of pyridine rings is 1. The Morgan fingerprint density at radius 2 is 2.17 bits per heavy atom. The summed E-state index contributed by atoms with van der Waals surface area (Å²) in [6.07, 6.45) is 3.15. The van der Waals surface area contributed by atoms with Crippen LogP contribution in [0.15, 0.2) is 64.5 Å². The van der Waals surface area contributed by atoms with Crippen LogP contribution in [0.3, 0.4) is 0 Å². The molecule has 0 aliphatic heterocycles. The van der Waals surface area contributed by atoms with Crippen molar-refractivity contribution in [3.8, 4) is 11.5 Å². The summed E-state index contributed by atoms with van der Waals surface area (Å²) in [7, 11) is 0. The number of benzene rings is 1. The molecule has 0 bridgehead atoms. The van der Waals surface area contributed by atoms with Gasteiger partial charge in [-0.05, 0) is 66.1 Å². The Bertz CT molecular complexity index is 963. The molecule has 0 radical (unpaired) electrons. The van der Waals surface area contributed by atoms with Crippen molar-refractivity contribution in [3.05, 3.63) is 76.5 Å². The molecule has 6 nitrogen and oxygen atoms in total. The topological polar surface area (TPSA) is 78.8 Å². The average molecular weight is 429 g/mol. The van der Waals surface area contributed by atoms with Crippen LogP contribution in [0.1, 0.15) is 25.0 Å². The second-order valence-electron chi connectivity index (χ2n) is 6.89. The quantitative estimate of drug-likeness (QED) is 0.373. The molecule has 0 spiro atoms. The second kappa shape index (κ2) is 10.2. The van der Waals surface area contributed by atoms with Crippen molar-refractivity contribution in [2.45, 2.75) is 26.0 Å². The molecule has 0 aliphatic carbocycles. The summed E-state index contributed by atoms with van der Waals surface area (Å²) in [6.45, 7) is 4.95. The first-order valence-corrected chi connectivity index (χ1v) is 10.6. The number of halogens is 1. The Balaban J connectivity index is 1.63. The largest absolute Gasteiger partial charge is 0.453 e. The van der Waals surface area contributed by atoms with E-state index < -0.39 is 11.4 Å². The number of hydrogen-bond acceptors (Lipinski definition) is 5. The lowest BCUT2D eigenvalue weighted by Crippen LogP contribution is -2.44. The first kappa shape index (κ1) is 21.7. The number of aromatic nitrogens is 1. The number of hydrogen-bond donors (Lipinski definition) is 3. The minimum Gasteiger partial charge on any atom is -0.453 e. The lowest BCUT2D eigenvalue weighted by Gasteiger charge is -2.24. The highest BCUT2D eigenvalue weighted by molar-refractivity contribution is 7.08. The Morgan fingerprint density at radius 1 is 1.30 bits per heavy atom. The Morgan fingerprint density at radius 3 is 2.83 bits per heavy atom. The summed E-state index contributed by atoms with van der Waals surface area (Å²) >= 11 is 1.54. The second-order valence-corrected chi connectivity index (χ2v) is 7.67. The number of thiophene rings is 1. The number of ether oxygens (including phenoxy) is 1. The van der Waals surface area contributed by atoms with Crippen LogP contribution in [-0.4, -0.2) is 29.1 Å². The summed E-state index contributed by atoms with van der Waals surface area (Å²) in [6, 6.07) is 10.1. The summed E-state index contributed by atoms with van der Waals surface area (Å²) in [5, 5.41) is 20.8. The molecule has 1 unspecified atom stereocenters. The minimum absolute atomic E-state index is 0.132. The molecule has 0 amide bonds. The van der Waals surface area contributed by atoms with E-state index in [1.807, 2.05) is 23.8 Å². The fourth-order valence-electron chi connectivity index (χ4n) is 2.70. The third-order valence-electron chi connectivity index (χ3n) is 4.37. The van der Waals surface area contributed by atoms with Crippen LogP contribution in [0, 0.1) is 5.82 Å². The molecule has 2 heterocycles. The van der Waals surface area contributed by atoms with E-state index in [1.165, 1.54) is 23.6 Å². The lowest BCUT2D eigenvalue weighted by atomic mass is 9.99. The van der Waals surface area contributed by atoms with Gasteiger partial charge in [0.15, 0.2) is 17.5 Å². The number of rotatable bonds is 8. The summed E-state index contributed by atoms with van der Waals surface area (Å²) in [4.78, 5) is 8.44. The molecule has 0 aliphatic rings. The minimum atomic E-state index is -1.02. The first-order chi connectivity index (χ1) is 14.5. The van der Waals surface area contributed by atoms with Crippen molar-refractivity contribution < 1.29 is 14.2 Å². The van der Waals surface area contributed by atoms with Gasteiger partial charge in [-0.15, -0.1) is 0 Å². The van der Waals surface area contributed by atoms with Crippen LogP contribution in [0.25, 0.3) is 0 Å². The molecule has 0 saturated carbocycles. The monoisotopic (exact) mass is 428 g/mol. The van der Waals surface area contributed by atoms with Crippen molar-refractivity contribution in [1.82, 2.24) is 15.6 Å². The lowest BCUT2D eigenvalue weighted by molar-refractivity contribution is 0.0621. The SMILES string of the molecule is CCNC(=NCc1ccc(Oc2cccnc2)c(F)c1)NCC(C)(O)c1ccsc1. The third kappa shape index (κ3) is 6.01. The van der Waals surface area contributed by atoms with Gasteiger partial charge < -0.3 is 20.5 Å². The predicted octanol–water partition coefficient (Wildman–Crippen LogP) is 4.04. The zero-order chi connectivity index (χ0) is 21.4. The highest BCUT2D eigenvalue weighted by atomic mass is 32.1. The summed E-state index contributed by atoms with van der Waals surface area (Å²) in [5.74, 6) is 0.681. The molecule has 158 valence electrons. The molecular formula is C22H25FN4O2S. The molecule has 0 fully saturated rings. The van der Waals surface area contributed by atoms with Crippen LogP contribution in [0.4, 0.5) is 4.39 Å². The molecule has 1 aromatic carbocycles. The van der Waals surface area contributed by atoms with Gasteiger partial charge in [0.2, 0.25) is 0 Å². The fourth-order valence-corrected chi connectivity index (χ4v) is 3.48. The van der Waals surface area contributed by atoms with Gasteiger partial charge in [-0.2, -0.15) is 11.3 Å². The fraction of sp³-hybridized carbons (Fsp3) is 0.273. The van der Waals surface area contributed by atoms with E-state index in [-0.39, 0.29) is 12.3 Å². The van der Waals surface area contributed by atoms with E-state index in [9.17, 15) is 9.50 Å². The van der Waals surface area contributed by atoms with E-state index in [0.29, 0.717) is 30.4 Å². The van der Waals surface area contributed by atoms with Crippen molar-refractivity contribution in [2.24, 2.45) is 4.99 Å². The summed E-state index contributed by atoms with van der Waals surface area (Å²) in [5.41, 5.74) is 0.531. The third-order valence-corrected chi connectivity index (χ3v) is 5.05. The molecule has 8 heteroatoms. The zero-order valence-corrected chi connectivity index (χ0v) is 17.7. The van der Waals surface area contributed by atoms with Gasteiger partial charge in [0.25, 0.3) is 0 Å². The maximum atomic E-state index is 14.4. The van der Waals surface area contributed by atoms with Crippen molar-refractivity contribution in [1.29, 1.82) is 0 Å². The van der Waals surface area contributed by atoms with E-state index in [0.717, 1.165) is 5.56 Å². The Kier molecular flexibility index (Phi) is 7.37. The number of nitrogens with zero attached hydrogens (tertiary/aromatic N) is 2. The van der Waals surface area contributed by atoms with Gasteiger partial charge >= 0.3 is 0 Å². The smallest absolute Gasteiger partial charge is 0.191 e. The summed E-state index contributed by atoms with van der Waals surface area (Å²) < 4.78 is 19.9. The molecule has 2 aromatic heterocycles. The number of guanidine groups is 1. The number of aliphatic imine (C=N–C) groups is 1. The van der Waals surface area contributed by atoms with E-state index in [1.54, 1.807) is 37.4 Å². The van der Waals surface area contributed by atoms with Crippen molar-refractivity contribution in [2.75, 3.05) is 13.1 Å². The van der Waals surface area contributed by atoms with E-state index >= 15 is 0 Å². The number of nitrogens with one attached hydrogen (secondary N) is 2. The first-order valence-electron chi connectivity index (χ1n) is 9.61. The van der Waals surface area contributed by atoms with Crippen LogP contribution < -0.4 is 15.4 Å². The van der Waals surface area contributed by atoms with Gasteiger partial charge in [-0.1, -0.05) is 6.07 Å². The highest BCUT2D eigenvalue weighted by Gasteiger charge is 2.23. The predicted molar refractivity (Wildman–Crippen MR) is 117 cm³/mol. The van der Waals surface area contributed by atoms with Gasteiger partial charge in [0, 0.05) is 12.7 Å². The maximum absolute atomic E-state index is 14.4. The molecular weight excluding hydrogens is 403 g/mol. The molecule has 3 rings (SSSR count). The average Bonchev–Trinajstić information content (AvgIpc) is 3.29. The van der Waals surface area contributed by atoms with Crippen LogP contribution in [0.2, 0.25) is 0 Å². The van der Waals surface area contributed by atoms with E-state index in [2.05, 4.69) is 20.6 Å². The van der Waals surface area contributed by atoms with Crippen molar-refractivity contribution in [3.63, 3.8) is 0 Å². The van der Waals surface area contributed by atoms with Gasteiger partial charge in [-0.3, -0.25) is 4.98 Å². The molecule has 0 saturated heterocycles. The Hall–Kier alpha value is -2.97. The van der Waals surface area contributed by atoms with Crippen LogP contribution >= 0.6 is 11.3 Å². The van der Waals surface area contributed by atoms with E-state index in [4.69, 9.17) is 4.74 Å². The van der Waals surface area contributed by atoms with Crippen LogP contribution in [0.5, 0.6) is 11.5 Å². The molecule has 3 N–H and O–H groups in total. The molecule has 30 heavy (non-hydrogen) atoms. The normalized spacial score (nSPS) is 13.5. The Labute approximate surface area is 179 Å². The van der Waals surface area contributed by atoms with Gasteiger partial charge in [0.05, 0.1) is 19.3 Å². The number of aliphatic hydroxyl groups is 1. The highest BCUT2D eigenvalue weighted by Crippen LogP contribution is 2.25. The van der Waals surface area contributed by atoms with Gasteiger partial charge in [-0.25, -0.2) is 9.38 Å². The standard InChI is InChI=1S/C22H25FN4O2S/c1-3-25-21(27-15-22(2,28)17-8-10-30-14-17)26-12-16-6-7-20(19(23)11-16)29-18-5-4-9-24-13-18/h4-11,13-14,28H,3,12,15H2,1-2H3,(H2,25,26,27). The van der Waals surface area contributed by atoms with Crippen molar-refractivity contribution >= 4 is 17.3 Å². The van der Waals surface area contributed by atoms with Crippen LogP contribution in [-0.2, 0) is 12.1 Å². The maximum Gasteiger partial charge on any atom is 0.191 e. The van der Waals surface area contributed by atoms with Gasteiger partial charge in [0.1, 0.15) is 11.4 Å². The molecule has 1 atom stereocenters. The molecule has 3 aromatic rings. The zero-order valence-electron chi connectivity index (χ0n) is 16.9.